The highest BCUT2D eigenvalue weighted by Gasteiger charge is 2.30. The van der Waals surface area contributed by atoms with E-state index in [0.717, 1.165) is 23.7 Å². The van der Waals surface area contributed by atoms with Gasteiger partial charge in [-0.3, -0.25) is 0 Å². The minimum absolute atomic E-state index is 0.990. The third kappa shape index (κ3) is 6.78. The Morgan fingerprint density at radius 1 is 0.714 bits per heavy atom. The van der Waals surface area contributed by atoms with Gasteiger partial charge in [-0.1, -0.05) is 95.2 Å². The van der Waals surface area contributed by atoms with Gasteiger partial charge >= 0.3 is 0 Å². The van der Waals surface area contributed by atoms with E-state index in [0.29, 0.717) is 0 Å². The van der Waals surface area contributed by atoms with E-state index in [2.05, 4.69) is 50.3 Å². The summed E-state index contributed by atoms with van der Waals surface area (Å²) in [7, 11) is 0. The lowest BCUT2D eigenvalue weighted by molar-refractivity contribution is 0.141. The summed E-state index contributed by atoms with van der Waals surface area (Å²) in [4.78, 5) is 0. The van der Waals surface area contributed by atoms with Crippen molar-refractivity contribution in [1.82, 2.24) is 0 Å². The summed E-state index contributed by atoms with van der Waals surface area (Å²) in [6.07, 6.45) is 24.9. The van der Waals surface area contributed by atoms with Crippen LogP contribution >= 0.6 is 0 Å². The van der Waals surface area contributed by atoms with E-state index in [1.165, 1.54) is 88.2 Å². The summed E-state index contributed by atoms with van der Waals surface area (Å²) in [5.41, 5.74) is 2.83. The molecule has 2 aliphatic carbocycles. The van der Waals surface area contributed by atoms with Crippen LogP contribution in [0.3, 0.4) is 0 Å². The van der Waals surface area contributed by atoms with Crippen LogP contribution in [0.5, 0.6) is 0 Å². The van der Waals surface area contributed by atoms with E-state index in [-0.39, 0.29) is 0 Å². The monoisotopic (exact) mass is 380 g/mol. The summed E-state index contributed by atoms with van der Waals surface area (Å²) < 4.78 is 0. The fourth-order valence-corrected chi connectivity index (χ4v) is 5.94. The molecule has 1 aromatic carbocycles. The van der Waals surface area contributed by atoms with Crippen LogP contribution in [0, 0.1) is 23.7 Å². The van der Waals surface area contributed by atoms with Gasteiger partial charge in [0.05, 0.1) is 0 Å². The smallest absolute Gasteiger partial charge is 0.0260 e. The van der Waals surface area contributed by atoms with Crippen LogP contribution in [0.2, 0.25) is 0 Å². The molecule has 3 rings (SSSR count). The molecule has 28 heavy (non-hydrogen) atoms. The second-order valence-electron chi connectivity index (χ2n) is 9.82. The van der Waals surface area contributed by atoms with Crippen LogP contribution in [0.15, 0.2) is 30.3 Å². The standard InChI is InChI=1S/C28H44/c1-3-7-23-11-13-25(14-12-23)9-5-6-10-26-17-21-28(22-18-26)27-19-15-24(8-4-2)16-20-27/h5,9,11-14,24,26-28H,3-4,6-8,10,15-22H2,1-2H3/b9-5-. The molecule has 0 aliphatic heterocycles. The highest BCUT2D eigenvalue weighted by atomic mass is 14.4. The summed E-state index contributed by atoms with van der Waals surface area (Å²) in [5.74, 6) is 4.19. The molecule has 0 saturated heterocycles. The highest BCUT2D eigenvalue weighted by molar-refractivity contribution is 5.49. The van der Waals surface area contributed by atoms with Gasteiger partial charge in [-0.15, -0.1) is 0 Å². The van der Waals surface area contributed by atoms with Gasteiger partial charge in [0.2, 0.25) is 0 Å². The molecule has 2 saturated carbocycles. The first-order valence-electron chi connectivity index (χ1n) is 12.5. The van der Waals surface area contributed by atoms with Gasteiger partial charge < -0.3 is 0 Å². The van der Waals surface area contributed by atoms with Crippen molar-refractivity contribution < 1.29 is 0 Å². The number of hydrogen-bond donors (Lipinski definition) is 0. The van der Waals surface area contributed by atoms with Crippen molar-refractivity contribution in [1.29, 1.82) is 0 Å². The molecule has 2 aliphatic rings. The van der Waals surface area contributed by atoms with Gasteiger partial charge in [0, 0.05) is 0 Å². The van der Waals surface area contributed by atoms with Gasteiger partial charge in [0.1, 0.15) is 0 Å². The Balaban J connectivity index is 1.31. The SMILES string of the molecule is CCCc1ccc(/C=C\CCC2CCC(C3CCC(CCC)CC3)CC2)cc1. The zero-order valence-electron chi connectivity index (χ0n) is 18.7. The molecule has 0 nitrogen and oxygen atoms in total. The van der Waals surface area contributed by atoms with E-state index in [4.69, 9.17) is 0 Å². The Kier molecular flexibility index (Phi) is 9.16. The average molecular weight is 381 g/mol. The van der Waals surface area contributed by atoms with Crippen molar-refractivity contribution >= 4 is 6.08 Å². The molecule has 1 aromatic rings. The molecule has 0 aromatic heterocycles. The van der Waals surface area contributed by atoms with Crippen molar-refractivity contribution in [2.45, 2.75) is 104 Å². The molecule has 156 valence electrons. The Labute approximate surface area is 175 Å². The quantitative estimate of drug-likeness (QED) is 0.401. The van der Waals surface area contributed by atoms with E-state index in [1.807, 2.05) is 0 Å². The Bertz CT molecular complexity index is 550. The maximum Gasteiger partial charge on any atom is -0.0260 e. The van der Waals surface area contributed by atoms with Crippen LogP contribution in [0.1, 0.15) is 108 Å². The van der Waals surface area contributed by atoms with Gasteiger partial charge in [0.25, 0.3) is 0 Å². The fraction of sp³-hybridized carbons (Fsp3) is 0.714. The molecule has 0 spiro atoms. The first-order valence-corrected chi connectivity index (χ1v) is 12.5. The van der Waals surface area contributed by atoms with E-state index in [1.54, 1.807) is 12.8 Å². The lowest BCUT2D eigenvalue weighted by atomic mass is 9.68. The fourth-order valence-electron chi connectivity index (χ4n) is 5.94. The van der Waals surface area contributed by atoms with Crippen LogP contribution in [0.25, 0.3) is 6.08 Å². The van der Waals surface area contributed by atoms with Gasteiger partial charge in [0.15, 0.2) is 0 Å². The van der Waals surface area contributed by atoms with Crippen molar-refractivity contribution in [3.63, 3.8) is 0 Å². The minimum atomic E-state index is 0.990. The molecule has 0 heterocycles. The lowest BCUT2D eigenvalue weighted by Crippen LogP contribution is -2.25. The number of benzene rings is 1. The summed E-state index contributed by atoms with van der Waals surface area (Å²) in [5, 5.41) is 0. The molecule has 0 atom stereocenters. The Morgan fingerprint density at radius 2 is 1.29 bits per heavy atom. The van der Waals surface area contributed by atoms with Crippen molar-refractivity contribution in [2.24, 2.45) is 23.7 Å². The van der Waals surface area contributed by atoms with Crippen LogP contribution in [-0.4, -0.2) is 0 Å². The largest absolute Gasteiger partial charge is 0.0839 e. The number of allylic oxidation sites excluding steroid dienone is 1. The van der Waals surface area contributed by atoms with E-state index < -0.39 is 0 Å². The summed E-state index contributed by atoms with van der Waals surface area (Å²) >= 11 is 0. The molecular weight excluding hydrogens is 336 g/mol. The van der Waals surface area contributed by atoms with Crippen LogP contribution < -0.4 is 0 Å². The molecule has 0 bridgehead atoms. The zero-order chi connectivity index (χ0) is 19.6. The second kappa shape index (κ2) is 11.8. The summed E-state index contributed by atoms with van der Waals surface area (Å²) in [6, 6.07) is 9.14. The lowest BCUT2D eigenvalue weighted by Gasteiger charge is -2.38. The van der Waals surface area contributed by atoms with Crippen molar-refractivity contribution in [3.8, 4) is 0 Å². The first kappa shape index (κ1) is 21.7. The van der Waals surface area contributed by atoms with Crippen molar-refractivity contribution in [3.05, 3.63) is 41.5 Å². The maximum atomic E-state index is 2.41. The Hall–Kier alpha value is -1.04. The van der Waals surface area contributed by atoms with Crippen LogP contribution in [-0.2, 0) is 6.42 Å². The minimum Gasteiger partial charge on any atom is -0.0839 e. The average Bonchev–Trinajstić information content (AvgIpc) is 2.74. The van der Waals surface area contributed by atoms with E-state index >= 15 is 0 Å². The normalized spacial score (nSPS) is 28.6. The number of aryl methyl sites for hydroxylation is 1. The Morgan fingerprint density at radius 3 is 1.82 bits per heavy atom. The van der Waals surface area contributed by atoms with E-state index in [9.17, 15) is 0 Å². The maximum absolute atomic E-state index is 2.41. The molecular formula is C28H44. The number of rotatable bonds is 9. The highest BCUT2D eigenvalue weighted by Crippen LogP contribution is 2.42. The second-order valence-corrected chi connectivity index (χ2v) is 9.82. The van der Waals surface area contributed by atoms with Gasteiger partial charge in [-0.2, -0.15) is 0 Å². The molecule has 0 N–H and O–H groups in total. The third-order valence-corrected chi connectivity index (χ3v) is 7.72. The van der Waals surface area contributed by atoms with Crippen LogP contribution in [0.4, 0.5) is 0 Å². The summed E-state index contributed by atoms with van der Waals surface area (Å²) in [6.45, 7) is 4.60. The molecule has 0 radical (unpaired) electrons. The molecule has 0 amide bonds. The molecule has 0 heteroatoms. The number of hydrogen-bond acceptors (Lipinski definition) is 0. The predicted molar refractivity (Wildman–Crippen MR) is 125 cm³/mol. The first-order chi connectivity index (χ1) is 13.8. The van der Waals surface area contributed by atoms with Crippen molar-refractivity contribution in [2.75, 3.05) is 0 Å². The molecule has 2 fully saturated rings. The van der Waals surface area contributed by atoms with Gasteiger partial charge in [-0.05, 0) is 79.7 Å². The topological polar surface area (TPSA) is 0 Å². The third-order valence-electron chi connectivity index (χ3n) is 7.72. The zero-order valence-corrected chi connectivity index (χ0v) is 18.7. The van der Waals surface area contributed by atoms with Gasteiger partial charge in [-0.25, -0.2) is 0 Å². The molecule has 0 unspecified atom stereocenters. The predicted octanol–water partition coefficient (Wildman–Crippen LogP) is 8.85.